The molecular formula is C22H22Cl2FNO2. The zero-order valence-corrected chi connectivity index (χ0v) is 17.0. The number of halogens is 3. The highest BCUT2D eigenvalue weighted by molar-refractivity contribution is 6.31. The van der Waals surface area contributed by atoms with Crippen molar-refractivity contribution in [2.75, 3.05) is 7.11 Å². The van der Waals surface area contributed by atoms with Crippen LogP contribution in [0.25, 0.3) is 0 Å². The van der Waals surface area contributed by atoms with Gasteiger partial charge in [-0.3, -0.25) is 0 Å². The van der Waals surface area contributed by atoms with Crippen molar-refractivity contribution in [1.29, 1.82) is 0 Å². The molecule has 0 saturated heterocycles. The van der Waals surface area contributed by atoms with Gasteiger partial charge in [0.05, 0.1) is 7.11 Å². The molecule has 3 rings (SSSR count). The predicted molar refractivity (Wildman–Crippen MR) is 113 cm³/mol. The van der Waals surface area contributed by atoms with E-state index < -0.39 is 0 Å². The normalized spacial score (nSPS) is 10.2. The first-order valence-corrected chi connectivity index (χ1v) is 9.02. The molecule has 0 aliphatic heterocycles. The Morgan fingerprint density at radius 1 is 0.893 bits per heavy atom. The smallest absolute Gasteiger partial charge is 0.161 e. The summed E-state index contributed by atoms with van der Waals surface area (Å²) in [5.74, 6) is 1.11. The molecule has 0 atom stereocenters. The minimum atomic E-state index is -0.226. The van der Waals surface area contributed by atoms with Crippen molar-refractivity contribution in [2.24, 2.45) is 0 Å². The monoisotopic (exact) mass is 421 g/mol. The summed E-state index contributed by atoms with van der Waals surface area (Å²) in [5.41, 5.74) is 3.02. The zero-order chi connectivity index (χ0) is 19.1. The van der Waals surface area contributed by atoms with Crippen LogP contribution >= 0.6 is 24.0 Å². The lowest BCUT2D eigenvalue weighted by atomic mass is 10.2. The van der Waals surface area contributed by atoms with E-state index in [1.54, 1.807) is 19.2 Å². The molecular weight excluding hydrogens is 400 g/mol. The van der Waals surface area contributed by atoms with E-state index in [0.717, 1.165) is 16.7 Å². The van der Waals surface area contributed by atoms with Gasteiger partial charge in [-0.25, -0.2) is 4.39 Å². The van der Waals surface area contributed by atoms with Gasteiger partial charge in [0.2, 0.25) is 0 Å². The summed E-state index contributed by atoms with van der Waals surface area (Å²) in [6, 6.07) is 19.9. The third-order valence-corrected chi connectivity index (χ3v) is 4.51. The van der Waals surface area contributed by atoms with Gasteiger partial charge in [0, 0.05) is 23.7 Å². The Morgan fingerprint density at radius 3 is 2.29 bits per heavy atom. The molecule has 0 aliphatic rings. The van der Waals surface area contributed by atoms with E-state index in [1.165, 1.54) is 12.1 Å². The first-order valence-electron chi connectivity index (χ1n) is 8.64. The van der Waals surface area contributed by atoms with Crippen LogP contribution in [0, 0.1) is 5.82 Å². The summed E-state index contributed by atoms with van der Waals surface area (Å²) in [6.07, 6.45) is 0. The molecule has 3 nitrogen and oxygen atoms in total. The molecule has 28 heavy (non-hydrogen) atoms. The summed E-state index contributed by atoms with van der Waals surface area (Å²) >= 11 is 6.17. The first kappa shape index (κ1) is 22.0. The molecule has 0 radical (unpaired) electrons. The molecule has 0 bridgehead atoms. The predicted octanol–water partition coefficient (Wildman–Crippen LogP) is 5.78. The van der Waals surface area contributed by atoms with Gasteiger partial charge in [-0.1, -0.05) is 48.0 Å². The van der Waals surface area contributed by atoms with Crippen LogP contribution < -0.4 is 14.8 Å². The average Bonchev–Trinajstić information content (AvgIpc) is 2.69. The van der Waals surface area contributed by atoms with E-state index in [4.69, 9.17) is 21.1 Å². The van der Waals surface area contributed by atoms with Crippen LogP contribution in [0.1, 0.15) is 16.7 Å². The van der Waals surface area contributed by atoms with E-state index in [0.29, 0.717) is 36.2 Å². The molecule has 148 valence electrons. The second-order valence-corrected chi connectivity index (χ2v) is 6.50. The average molecular weight is 422 g/mol. The van der Waals surface area contributed by atoms with Gasteiger partial charge in [0.25, 0.3) is 0 Å². The van der Waals surface area contributed by atoms with Crippen molar-refractivity contribution in [1.82, 2.24) is 5.32 Å². The quantitative estimate of drug-likeness (QED) is 0.499. The molecule has 0 amide bonds. The number of benzene rings is 3. The maximum Gasteiger partial charge on any atom is 0.161 e. The van der Waals surface area contributed by atoms with Crippen LogP contribution in [-0.4, -0.2) is 7.11 Å². The van der Waals surface area contributed by atoms with Gasteiger partial charge < -0.3 is 14.8 Å². The molecule has 0 heterocycles. The van der Waals surface area contributed by atoms with Crippen molar-refractivity contribution in [3.05, 3.63) is 94.3 Å². The topological polar surface area (TPSA) is 30.5 Å². The summed E-state index contributed by atoms with van der Waals surface area (Å²) in [6.45, 7) is 1.70. The van der Waals surface area contributed by atoms with E-state index >= 15 is 0 Å². The Hall–Kier alpha value is -2.27. The summed E-state index contributed by atoms with van der Waals surface area (Å²) in [4.78, 5) is 0. The number of methoxy groups -OCH3 is 1. The fourth-order valence-electron chi connectivity index (χ4n) is 2.67. The number of rotatable bonds is 8. The summed E-state index contributed by atoms with van der Waals surface area (Å²) in [5, 5.41) is 4.02. The van der Waals surface area contributed by atoms with Gasteiger partial charge in [-0.05, 0) is 41.5 Å². The van der Waals surface area contributed by atoms with Gasteiger partial charge in [0.15, 0.2) is 11.5 Å². The standard InChI is InChI=1S/C22H21ClFNO2.ClH/c1-26-22-12-17(14-25-13-16-6-9-19(24)10-7-16)8-11-21(22)27-15-18-4-2-3-5-20(18)23;/h2-12,25H,13-15H2,1H3;1H. The van der Waals surface area contributed by atoms with E-state index in [-0.39, 0.29) is 18.2 Å². The molecule has 3 aromatic rings. The highest BCUT2D eigenvalue weighted by Gasteiger charge is 2.08. The second-order valence-electron chi connectivity index (χ2n) is 6.10. The van der Waals surface area contributed by atoms with Crippen LogP contribution in [0.15, 0.2) is 66.7 Å². The third-order valence-electron chi connectivity index (χ3n) is 4.14. The lowest BCUT2D eigenvalue weighted by molar-refractivity contribution is 0.284. The maximum atomic E-state index is 12.9. The van der Waals surface area contributed by atoms with Gasteiger partial charge in [0.1, 0.15) is 12.4 Å². The van der Waals surface area contributed by atoms with E-state index in [2.05, 4.69) is 5.32 Å². The fraction of sp³-hybridized carbons (Fsp3) is 0.182. The molecule has 1 N–H and O–H groups in total. The third kappa shape index (κ3) is 6.13. The molecule has 0 spiro atoms. The Labute approximate surface area is 175 Å². The van der Waals surface area contributed by atoms with Crippen LogP contribution in [0.3, 0.4) is 0 Å². The van der Waals surface area contributed by atoms with Crippen molar-refractivity contribution < 1.29 is 13.9 Å². The SMILES string of the molecule is COc1cc(CNCc2ccc(F)cc2)ccc1OCc1ccccc1Cl.Cl. The fourth-order valence-corrected chi connectivity index (χ4v) is 2.86. The minimum absolute atomic E-state index is 0. The van der Waals surface area contributed by atoms with Crippen LogP contribution in [-0.2, 0) is 19.7 Å². The van der Waals surface area contributed by atoms with Gasteiger partial charge in [-0.15, -0.1) is 12.4 Å². The minimum Gasteiger partial charge on any atom is -0.493 e. The maximum absolute atomic E-state index is 12.9. The summed E-state index contributed by atoms with van der Waals surface area (Å²) in [7, 11) is 1.62. The van der Waals surface area contributed by atoms with Crippen molar-refractivity contribution in [3.8, 4) is 11.5 Å². The molecule has 0 saturated carbocycles. The van der Waals surface area contributed by atoms with Gasteiger partial charge in [-0.2, -0.15) is 0 Å². The molecule has 6 heteroatoms. The van der Waals surface area contributed by atoms with E-state index in [9.17, 15) is 4.39 Å². The van der Waals surface area contributed by atoms with Crippen LogP contribution in [0.5, 0.6) is 11.5 Å². The highest BCUT2D eigenvalue weighted by atomic mass is 35.5. The Bertz CT molecular complexity index is 888. The number of nitrogens with one attached hydrogen (secondary N) is 1. The van der Waals surface area contributed by atoms with E-state index in [1.807, 2.05) is 42.5 Å². The van der Waals surface area contributed by atoms with Crippen LogP contribution in [0.2, 0.25) is 5.02 Å². The first-order chi connectivity index (χ1) is 13.2. The number of hydrogen-bond acceptors (Lipinski definition) is 3. The molecule has 3 aromatic carbocycles. The van der Waals surface area contributed by atoms with Crippen molar-refractivity contribution >= 4 is 24.0 Å². The summed E-state index contributed by atoms with van der Waals surface area (Å²) < 4.78 is 24.3. The van der Waals surface area contributed by atoms with Gasteiger partial charge >= 0.3 is 0 Å². The van der Waals surface area contributed by atoms with Crippen LogP contribution in [0.4, 0.5) is 4.39 Å². The second kappa shape index (κ2) is 10.9. The molecule has 0 unspecified atom stereocenters. The number of ether oxygens (including phenoxy) is 2. The number of hydrogen-bond donors (Lipinski definition) is 1. The lowest BCUT2D eigenvalue weighted by Crippen LogP contribution is -2.12. The lowest BCUT2D eigenvalue weighted by Gasteiger charge is -2.13. The molecule has 0 fully saturated rings. The highest BCUT2D eigenvalue weighted by Crippen LogP contribution is 2.29. The Kier molecular flexibility index (Phi) is 8.58. The van der Waals surface area contributed by atoms with Crippen molar-refractivity contribution in [3.63, 3.8) is 0 Å². The molecule has 0 aliphatic carbocycles. The zero-order valence-electron chi connectivity index (χ0n) is 15.5. The molecule has 0 aromatic heterocycles. The Morgan fingerprint density at radius 2 is 1.57 bits per heavy atom. The van der Waals surface area contributed by atoms with Crippen molar-refractivity contribution in [2.45, 2.75) is 19.7 Å². The Balaban J connectivity index is 0.00000280. The largest absolute Gasteiger partial charge is 0.493 e.